The first-order valence-corrected chi connectivity index (χ1v) is 6.87. The Bertz CT molecular complexity index is 521. The minimum absolute atomic E-state index is 0.0893. The summed E-state index contributed by atoms with van der Waals surface area (Å²) in [7, 11) is 1.46. The Labute approximate surface area is 122 Å². The summed E-state index contributed by atoms with van der Waals surface area (Å²) in [4.78, 5) is 29.3. The fourth-order valence-electron chi connectivity index (χ4n) is 2.25. The second-order valence-corrected chi connectivity index (χ2v) is 4.88. The first-order chi connectivity index (χ1) is 10.1. The minimum atomic E-state index is -1.01. The van der Waals surface area contributed by atoms with Crippen molar-refractivity contribution in [3.63, 3.8) is 0 Å². The number of methoxy groups -OCH3 is 1. The van der Waals surface area contributed by atoms with Gasteiger partial charge in [0, 0.05) is 12.7 Å². The fourth-order valence-corrected chi connectivity index (χ4v) is 2.25. The first-order valence-electron chi connectivity index (χ1n) is 6.87. The van der Waals surface area contributed by atoms with Gasteiger partial charge < -0.3 is 20.1 Å². The fraction of sp³-hybridized carbons (Fsp3) is 0.500. The van der Waals surface area contributed by atoms with Crippen molar-refractivity contribution in [2.75, 3.05) is 25.5 Å². The van der Waals surface area contributed by atoms with Crippen LogP contribution in [-0.2, 0) is 9.59 Å². The largest absolute Gasteiger partial charge is 0.480 e. The molecule has 2 heterocycles. The average Bonchev–Trinajstić information content (AvgIpc) is 2.63. The van der Waals surface area contributed by atoms with E-state index in [1.54, 1.807) is 18.3 Å². The van der Waals surface area contributed by atoms with Crippen LogP contribution in [0.4, 0.5) is 5.69 Å². The molecule has 7 heteroatoms. The standard InChI is InChI=1S/C14H19N3O4/c1-21-13-10(5-4-7-15-13)16-12(19)9-17-8-3-2-6-11(18)14(17)20/h4-5,7,11,18H,2-3,6,8-9H2,1H3,(H,16,19). The van der Waals surface area contributed by atoms with Crippen LogP contribution in [0, 0.1) is 0 Å². The number of ether oxygens (including phenoxy) is 1. The van der Waals surface area contributed by atoms with Gasteiger partial charge in [0.05, 0.1) is 13.7 Å². The third-order valence-corrected chi connectivity index (χ3v) is 3.33. The number of pyridine rings is 1. The molecule has 1 unspecified atom stereocenters. The van der Waals surface area contributed by atoms with Crippen LogP contribution < -0.4 is 10.1 Å². The Balaban J connectivity index is 1.99. The van der Waals surface area contributed by atoms with Gasteiger partial charge in [-0.15, -0.1) is 0 Å². The van der Waals surface area contributed by atoms with E-state index in [0.29, 0.717) is 24.5 Å². The van der Waals surface area contributed by atoms with Crippen molar-refractivity contribution in [1.29, 1.82) is 0 Å². The highest BCUT2D eigenvalue weighted by molar-refractivity contribution is 5.95. The Morgan fingerprint density at radius 1 is 1.57 bits per heavy atom. The van der Waals surface area contributed by atoms with Gasteiger partial charge in [0.1, 0.15) is 11.8 Å². The number of likely N-dealkylation sites (tertiary alicyclic amines) is 1. The summed E-state index contributed by atoms with van der Waals surface area (Å²) in [5, 5.41) is 12.3. The van der Waals surface area contributed by atoms with E-state index in [1.807, 2.05) is 0 Å². The minimum Gasteiger partial charge on any atom is -0.480 e. The highest BCUT2D eigenvalue weighted by Gasteiger charge is 2.26. The molecule has 2 N–H and O–H groups in total. The maximum atomic E-state index is 12.0. The predicted octanol–water partition coefficient (Wildman–Crippen LogP) is 0.402. The number of nitrogens with zero attached hydrogens (tertiary/aromatic N) is 2. The third-order valence-electron chi connectivity index (χ3n) is 3.33. The second-order valence-electron chi connectivity index (χ2n) is 4.88. The van der Waals surface area contributed by atoms with E-state index in [0.717, 1.165) is 12.8 Å². The quantitative estimate of drug-likeness (QED) is 0.838. The summed E-state index contributed by atoms with van der Waals surface area (Å²) in [6.45, 7) is 0.390. The van der Waals surface area contributed by atoms with Gasteiger partial charge in [-0.3, -0.25) is 9.59 Å². The molecule has 2 amide bonds. The van der Waals surface area contributed by atoms with Crippen LogP contribution in [0.25, 0.3) is 0 Å². The van der Waals surface area contributed by atoms with Gasteiger partial charge in [0.15, 0.2) is 0 Å². The smallest absolute Gasteiger partial charge is 0.251 e. The van der Waals surface area contributed by atoms with Gasteiger partial charge >= 0.3 is 0 Å². The number of nitrogens with one attached hydrogen (secondary N) is 1. The molecule has 114 valence electrons. The number of rotatable bonds is 4. The van der Waals surface area contributed by atoms with E-state index in [9.17, 15) is 14.7 Å². The molecule has 1 saturated heterocycles. The maximum absolute atomic E-state index is 12.0. The van der Waals surface area contributed by atoms with Gasteiger partial charge in [-0.05, 0) is 31.4 Å². The van der Waals surface area contributed by atoms with Crippen molar-refractivity contribution in [3.8, 4) is 5.88 Å². The van der Waals surface area contributed by atoms with Crippen LogP contribution in [0.1, 0.15) is 19.3 Å². The van der Waals surface area contributed by atoms with E-state index < -0.39 is 6.10 Å². The molecule has 7 nitrogen and oxygen atoms in total. The lowest BCUT2D eigenvalue weighted by Gasteiger charge is -2.21. The zero-order chi connectivity index (χ0) is 15.2. The molecule has 0 aliphatic carbocycles. The van der Waals surface area contributed by atoms with Crippen molar-refractivity contribution < 1.29 is 19.4 Å². The highest BCUT2D eigenvalue weighted by atomic mass is 16.5. The monoisotopic (exact) mass is 293 g/mol. The molecule has 21 heavy (non-hydrogen) atoms. The summed E-state index contributed by atoms with van der Waals surface area (Å²) < 4.78 is 5.05. The number of aliphatic hydroxyl groups excluding tert-OH is 1. The zero-order valence-electron chi connectivity index (χ0n) is 11.9. The normalized spacial score (nSPS) is 19.0. The number of anilines is 1. The summed E-state index contributed by atoms with van der Waals surface area (Å²) in [6, 6.07) is 3.35. The molecular formula is C14H19N3O4. The van der Waals surface area contributed by atoms with E-state index in [1.165, 1.54) is 12.0 Å². The lowest BCUT2D eigenvalue weighted by Crippen LogP contribution is -2.42. The van der Waals surface area contributed by atoms with Crippen LogP contribution in [0.3, 0.4) is 0 Å². The Kier molecular flexibility index (Phi) is 5.10. The Hall–Kier alpha value is -2.15. The molecule has 1 aromatic rings. The average molecular weight is 293 g/mol. The SMILES string of the molecule is COc1ncccc1NC(=O)CN1CCCCC(O)C1=O. The van der Waals surface area contributed by atoms with E-state index in [4.69, 9.17) is 4.74 Å². The van der Waals surface area contributed by atoms with Crippen LogP contribution in [0.2, 0.25) is 0 Å². The topological polar surface area (TPSA) is 91.8 Å². The molecule has 1 aromatic heterocycles. The van der Waals surface area contributed by atoms with E-state index in [2.05, 4.69) is 10.3 Å². The van der Waals surface area contributed by atoms with Crippen molar-refractivity contribution >= 4 is 17.5 Å². The van der Waals surface area contributed by atoms with E-state index >= 15 is 0 Å². The highest BCUT2D eigenvalue weighted by Crippen LogP contribution is 2.20. The number of carbonyl (C=O) groups is 2. The van der Waals surface area contributed by atoms with Gasteiger partial charge in [-0.2, -0.15) is 0 Å². The Morgan fingerprint density at radius 2 is 2.38 bits per heavy atom. The summed E-state index contributed by atoms with van der Waals surface area (Å²) >= 11 is 0. The number of carbonyl (C=O) groups excluding carboxylic acids is 2. The van der Waals surface area contributed by atoms with Crippen LogP contribution in [0.15, 0.2) is 18.3 Å². The van der Waals surface area contributed by atoms with Crippen molar-refractivity contribution in [3.05, 3.63) is 18.3 Å². The summed E-state index contributed by atoms with van der Waals surface area (Å²) in [5.74, 6) is -0.419. The molecule has 1 aliphatic heterocycles. The lowest BCUT2D eigenvalue weighted by atomic mass is 10.2. The predicted molar refractivity (Wildman–Crippen MR) is 75.9 cm³/mol. The molecule has 2 rings (SSSR count). The molecule has 1 aliphatic rings. The first kappa shape index (κ1) is 15.2. The van der Waals surface area contributed by atoms with Gasteiger partial charge in [-0.25, -0.2) is 4.98 Å². The lowest BCUT2D eigenvalue weighted by molar-refractivity contribution is -0.141. The number of aromatic nitrogens is 1. The molecule has 0 bridgehead atoms. The maximum Gasteiger partial charge on any atom is 0.251 e. The molecule has 0 radical (unpaired) electrons. The van der Waals surface area contributed by atoms with Gasteiger partial charge in [0.25, 0.3) is 5.91 Å². The summed E-state index contributed by atoms with van der Waals surface area (Å²) in [6.07, 6.45) is 2.57. The molecule has 0 spiro atoms. The Morgan fingerprint density at radius 3 is 3.14 bits per heavy atom. The van der Waals surface area contributed by atoms with Gasteiger partial charge in [0.2, 0.25) is 11.8 Å². The van der Waals surface area contributed by atoms with E-state index in [-0.39, 0.29) is 18.4 Å². The van der Waals surface area contributed by atoms with Crippen LogP contribution in [-0.4, -0.2) is 53.1 Å². The molecule has 0 saturated carbocycles. The molecule has 0 aromatic carbocycles. The van der Waals surface area contributed by atoms with Crippen LogP contribution >= 0.6 is 0 Å². The molecule has 1 atom stereocenters. The van der Waals surface area contributed by atoms with Crippen molar-refractivity contribution in [2.24, 2.45) is 0 Å². The summed E-state index contributed by atoms with van der Waals surface area (Å²) in [5.41, 5.74) is 0.452. The number of aliphatic hydroxyl groups is 1. The van der Waals surface area contributed by atoms with Crippen molar-refractivity contribution in [2.45, 2.75) is 25.4 Å². The second kappa shape index (κ2) is 7.03. The van der Waals surface area contributed by atoms with Crippen LogP contribution in [0.5, 0.6) is 5.88 Å². The molecular weight excluding hydrogens is 274 g/mol. The number of amides is 2. The van der Waals surface area contributed by atoms with Gasteiger partial charge in [-0.1, -0.05) is 0 Å². The third kappa shape index (κ3) is 3.91. The number of hydrogen-bond acceptors (Lipinski definition) is 5. The molecule has 1 fully saturated rings. The number of hydrogen-bond donors (Lipinski definition) is 2. The van der Waals surface area contributed by atoms with Crippen molar-refractivity contribution in [1.82, 2.24) is 9.88 Å². The zero-order valence-corrected chi connectivity index (χ0v) is 11.9.